The van der Waals surface area contributed by atoms with Crippen molar-refractivity contribution in [1.82, 2.24) is 24.9 Å². The number of fused-ring (bicyclic) bond motifs is 1. The van der Waals surface area contributed by atoms with Crippen molar-refractivity contribution < 1.29 is 17.6 Å². The van der Waals surface area contributed by atoms with Gasteiger partial charge in [0, 0.05) is 25.7 Å². The highest BCUT2D eigenvalue weighted by atomic mass is 19.4. The fourth-order valence-electron chi connectivity index (χ4n) is 5.43. The summed E-state index contributed by atoms with van der Waals surface area (Å²) in [5.41, 5.74) is 3.00. The van der Waals surface area contributed by atoms with Crippen LogP contribution in [0.3, 0.4) is 0 Å². The van der Waals surface area contributed by atoms with Gasteiger partial charge in [-0.25, -0.2) is 18.9 Å². The Morgan fingerprint density at radius 2 is 1.84 bits per heavy atom. The summed E-state index contributed by atoms with van der Waals surface area (Å²) in [6.07, 6.45) is 0.00972. The Morgan fingerprint density at radius 1 is 0.974 bits per heavy atom. The van der Waals surface area contributed by atoms with Crippen LogP contribution >= 0.6 is 0 Å². The summed E-state index contributed by atoms with van der Waals surface area (Å²) in [6, 6.07) is 16.0. The van der Waals surface area contributed by atoms with Crippen LogP contribution in [0.4, 0.5) is 29.2 Å². The van der Waals surface area contributed by atoms with Crippen molar-refractivity contribution in [2.45, 2.75) is 37.5 Å². The average Bonchev–Trinajstić information content (AvgIpc) is 3.66. The normalized spacial score (nSPS) is 20.1. The Bertz CT molecular complexity index is 1440. The number of halogens is 4. The molecule has 1 aromatic carbocycles. The lowest BCUT2D eigenvalue weighted by Gasteiger charge is -2.26. The second-order valence-electron chi connectivity index (χ2n) is 9.82. The smallest absolute Gasteiger partial charge is 0.355 e. The third-order valence-corrected chi connectivity index (χ3v) is 7.23. The molecule has 0 spiro atoms. The van der Waals surface area contributed by atoms with Crippen LogP contribution in [0.2, 0.25) is 0 Å². The Morgan fingerprint density at radius 3 is 2.68 bits per heavy atom. The van der Waals surface area contributed by atoms with E-state index in [9.17, 15) is 17.6 Å². The van der Waals surface area contributed by atoms with Crippen LogP contribution < -0.4 is 15.1 Å². The fraction of sp³-hybridized carbons (Fsp3) is 0.370. The summed E-state index contributed by atoms with van der Waals surface area (Å²) < 4.78 is 53.5. The lowest BCUT2D eigenvalue weighted by atomic mass is 10.0. The van der Waals surface area contributed by atoms with E-state index in [0.717, 1.165) is 36.5 Å². The molecule has 5 heterocycles. The summed E-state index contributed by atoms with van der Waals surface area (Å²) in [7, 11) is 0. The van der Waals surface area contributed by atoms with Crippen LogP contribution in [-0.2, 0) is 0 Å². The van der Waals surface area contributed by atoms with Gasteiger partial charge in [-0.3, -0.25) is 0 Å². The molecule has 7 nitrogen and oxygen atoms in total. The number of nitrogens with one attached hydrogen (secondary N) is 1. The van der Waals surface area contributed by atoms with Gasteiger partial charge in [-0.1, -0.05) is 18.2 Å². The van der Waals surface area contributed by atoms with Crippen molar-refractivity contribution in [3.8, 4) is 11.4 Å². The van der Waals surface area contributed by atoms with E-state index in [4.69, 9.17) is 10.1 Å². The number of hydrogen-bond acceptors (Lipinski definition) is 6. The zero-order valence-electron chi connectivity index (χ0n) is 20.6. The quantitative estimate of drug-likeness (QED) is 0.358. The van der Waals surface area contributed by atoms with Crippen molar-refractivity contribution in [3.63, 3.8) is 0 Å². The molecular weight excluding hydrogens is 498 g/mol. The zero-order valence-corrected chi connectivity index (χ0v) is 20.6. The molecule has 198 valence electrons. The molecule has 11 heteroatoms. The van der Waals surface area contributed by atoms with Gasteiger partial charge in [0.05, 0.1) is 24.5 Å². The monoisotopic (exact) mass is 525 g/mol. The molecule has 1 unspecified atom stereocenters. The van der Waals surface area contributed by atoms with E-state index in [1.54, 1.807) is 22.8 Å². The van der Waals surface area contributed by atoms with Gasteiger partial charge >= 0.3 is 6.18 Å². The van der Waals surface area contributed by atoms with Crippen LogP contribution in [0.5, 0.6) is 0 Å². The maximum atomic E-state index is 13.9. The Labute approximate surface area is 217 Å². The minimum atomic E-state index is -4.23. The first kappa shape index (κ1) is 24.6. The number of hydrogen-bond donors (Lipinski definition) is 1. The van der Waals surface area contributed by atoms with E-state index < -0.39 is 12.7 Å². The highest BCUT2D eigenvalue weighted by Gasteiger charge is 2.31. The van der Waals surface area contributed by atoms with Gasteiger partial charge in [0.2, 0.25) is 0 Å². The molecule has 2 saturated heterocycles. The minimum absolute atomic E-state index is 0.0399. The summed E-state index contributed by atoms with van der Waals surface area (Å²) in [5, 5.41) is 7.49. The first-order chi connectivity index (χ1) is 18.3. The summed E-state index contributed by atoms with van der Waals surface area (Å²) in [5.74, 6) is 1.23. The van der Waals surface area contributed by atoms with Gasteiger partial charge in [-0.2, -0.15) is 13.2 Å². The molecule has 4 aromatic rings. The first-order valence-corrected chi connectivity index (χ1v) is 12.7. The molecule has 2 aliphatic heterocycles. The van der Waals surface area contributed by atoms with Crippen molar-refractivity contribution in [1.29, 1.82) is 0 Å². The van der Waals surface area contributed by atoms with Gasteiger partial charge in [0.15, 0.2) is 5.65 Å². The van der Waals surface area contributed by atoms with E-state index in [1.807, 2.05) is 41.3 Å². The first-order valence-electron chi connectivity index (χ1n) is 12.7. The Hall–Kier alpha value is -3.73. The molecule has 38 heavy (non-hydrogen) atoms. The summed E-state index contributed by atoms with van der Waals surface area (Å²) in [4.78, 5) is 13.5. The minimum Gasteiger partial charge on any atom is -0.355 e. The summed E-state index contributed by atoms with van der Waals surface area (Å²) in [6.45, 7) is 0.901. The molecule has 2 atom stereocenters. The van der Waals surface area contributed by atoms with Crippen LogP contribution in [-0.4, -0.2) is 58.0 Å². The average molecular weight is 526 g/mol. The highest BCUT2D eigenvalue weighted by Crippen LogP contribution is 2.36. The SMILES string of the molecule is Fc1cccc([C@H]2CCCN2c2ccc3ncc(-c4cccc(N5CCC(NCC(F)(F)F)C5)n4)n3n2)c1. The lowest BCUT2D eigenvalue weighted by Crippen LogP contribution is -2.38. The number of aromatic nitrogens is 4. The number of pyridine rings is 1. The number of nitrogens with zero attached hydrogens (tertiary/aromatic N) is 6. The molecule has 3 aromatic heterocycles. The van der Waals surface area contributed by atoms with Gasteiger partial charge in [0.25, 0.3) is 0 Å². The van der Waals surface area contributed by atoms with E-state index in [1.165, 1.54) is 6.07 Å². The second-order valence-corrected chi connectivity index (χ2v) is 9.82. The Balaban J connectivity index is 1.25. The van der Waals surface area contributed by atoms with Crippen molar-refractivity contribution in [2.24, 2.45) is 0 Å². The summed E-state index contributed by atoms with van der Waals surface area (Å²) >= 11 is 0. The number of rotatable bonds is 6. The predicted molar refractivity (Wildman–Crippen MR) is 137 cm³/mol. The van der Waals surface area contributed by atoms with E-state index >= 15 is 0 Å². The van der Waals surface area contributed by atoms with E-state index in [2.05, 4.69) is 15.2 Å². The molecule has 0 aliphatic carbocycles. The largest absolute Gasteiger partial charge is 0.401 e. The topological polar surface area (TPSA) is 61.6 Å². The van der Waals surface area contributed by atoms with Crippen molar-refractivity contribution in [2.75, 3.05) is 36.0 Å². The third-order valence-electron chi connectivity index (χ3n) is 7.23. The van der Waals surface area contributed by atoms with Crippen LogP contribution in [0.1, 0.15) is 30.9 Å². The fourth-order valence-corrected chi connectivity index (χ4v) is 5.43. The van der Waals surface area contributed by atoms with Crippen molar-refractivity contribution >= 4 is 17.3 Å². The molecule has 0 amide bonds. The molecular formula is C27H27F4N7. The van der Waals surface area contributed by atoms with Gasteiger partial charge in [-0.05, 0) is 61.2 Å². The number of imidazole rings is 1. The zero-order chi connectivity index (χ0) is 26.3. The molecule has 0 saturated carbocycles. The van der Waals surface area contributed by atoms with E-state index in [0.29, 0.717) is 36.7 Å². The number of benzene rings is 1. The number of anilines is 2. The molecule has 6 rings (SSSR count). The molecule has 0 radical (unpaired) electrons. The predicted octanol–water partition coefficient (Wildman–Crippen LogP) is 5.00. The van der Waals surface area contributed by atoms with Crippen LogP contribution in [0, 0.1) is 5.82 Å². The van der Waals surface area contributed by atoms with Crippen LogP contribution in [0.15, 0.2) is 60.8 Å². The van der Waals surface area contributed by atoms with Gasteiger partial charge < -0.3 is 15.1 Å². The number of alkyl halides is 3. The van der Waals surface area contributed by atoms with Crippen LogP contribution in [0.25, 0.3) is 17.0 Å². The second kappa shape index (κ2) is 9.86. The van der Waals surface area contributed by atoms with E-state index in [-0.39, 0.29) is 17.9 Å². The Kier molecular flexibility index (Phi) is 6.38. The standard InChI is InChI=1S/C27H27F4N7/c28-19-5-1-4-18(14-19)22-7-3-12-37(22)26-10-9-24-32-15-23(38(24)35-26)21-6-2-8-25(34-21)36-13-11-20(16-36)33-17-27(29,30)31/h1-2,4-6,8-10,14-15,20,22,33H,3,7,11-13,16-17H2/t20?,22-/m1/s1. The van der Waals surface area contributed by atoms with Gasteiger partial charge in [0.1, 0.15) is 23.1 Å². The molecule has 0 bridgehead atoms. The molecule has 1 N–H and O–H groups in total. The molecule has 2 aliphatic rings. The molecule has 2 fully saturated rings. The maximum Gasteiger partial charge on any atom is 0.401 e. The van der Waals surface area contributed by atoms with Gasteiger partial charge in [-0.15, -0.1) is 5.10 Å². The highest BCUT2D eigenvalue weighted by molar-refractivity contribution is 5.63. The maximum absolute atomic E-state index is 13.9. The lowest BCUT2D eigenvalue weighted by molar-refractivity contribution is -0.125. The third kappa shape index (κ3) is 5.02. The van der Waals surface area contributed by atoms with Crippen molar-refractivity contribution in [3.05, 3.63) is 72.2 Å².